The number of nitrogens with zero attached hydrogens (tertiary/aromatic N) is 1. The van der Waals surface area contributed by atoms with Crippen LogP contribution in [0.2, 0.25) is 0 Å². The highest BCUT2D eigenvalue weighted by molar-refractivity contribution is 6.00. The van der Waals surface area contributed by atoms with Crippen molar-refractivity contribution in [2.24, 2.45) is 11.7 Å². The van der Waals surface area contributed by atoms with Gasteiger partial charge in [-0.2, -0.15) is 13.2 Å². The lowest BCUT2D eigenvalue weighted by molar-refractivity contribution is -0.140. The Morgan fingerprint density at radius 2 is 1.84 bits per heavy atom. The maximum atomic E-state index is 13.4. The van der Waals surface area contributed by atoms with Crippen LogP contribution < -0.4 is 5.73 Å². The summed E-state index contributed by atoms with van der Waals surface area (Å²) in [6.07, 6.45) is -3.47. The fourth-order valence-electron chi connectivity index (χ4n) is 2.40. The van der Waals surface area contributed by atoms with Crippen molar-refractivity contribution in [3.8, 4) is 0 Å². The number of carbonyl (C=O) groups excluding carboxylic acids is 2. The minimum atomic E-state index is -4.83. The zero-order valence-electron chi connectivity index (χ0n) is 13.5. The second kappa shape index (κ2) is 6.70. The van der Waals surface area contributed by atoms with Gasteiger partial charge in [-0.15, -0.1) is 0 Å². The third-order valence-electron chi connectivity index (χ3n) is 3.65. The summed E-state index contributed by atoms with van der Waals surface area (Å²) >= 11 is 0. The van der Waals surface area contributed by atoms with Gasteiger partial charge in [0.25, 0.3) is 5.91 Å². The van der Waals surface area contributed by atoms with Gasteiger partial charge in [-0.05, 0) is 23.8 Å². The second-order valence-electron chi connectivity index (χ2n) is 5.94. The molecule has 0 aliphatic rings. The molecule has 1 aromatic heterocycles. The number of nitrogens with two attached hydrogens (primary N) is 1. The molecule has 4 nitrogen and oxygen atoms in total. The molecule has 0 aliphatic carbocycles. The van der Waals surface area contributed by atoms with Gasteiger partial charge in [0.2, 0.25) is 0 Å². The molecule has 0 spiro atoms. The van der Waals surface area contributed by atoms with E-state index in [1.807, 2.05) is 0 Å². The predicted molar refractivity (Wildman–Crippen MR) is 82.6 cm³/mol. The maximum absolute atomic E-state index is 13.4. The van der Waals surface area contributed by atoms with E-state index in [9.17, 15) is 27.2 Å². The topological polar surface area (TPSA) is 65.1 Å². The number of benzene rings is 1. The molecule has 0 bridgehead atoms. The van der Waals surface area contributed by atoms with E-state index in [4.69, 9.17) is 5.73 Å². The summed E-state index contributed by atoms with van der Waals surface area (Å²) in [6.45, 7) is 3.20. The standard InChI is InChI=1S/C17H16F4N2O2/c1-9(2)15(24)11-6-14(16(22)25)23(8-11)7-10-3-4-13(18)12(5-10)17(19,20)21/h3-6,8-9H,7H2,1-2H3,(H2,22,25). The molecule has 1 heterocycles. The van der Waals surface area contributed by atoms with Gasteiger partial charge in [0.15, 0.2) is 5.78 Å². The minimum absolute atomic E-state index is 0.0121. The Bertz CT molecular complexity index is 823. The average Bonchev–Trinajstić information content (AvgIpc) is 2.91. The second-order valence-corrected chi connectivity index (χ2v) is 5.94. The Labute approximate surface area is 141 Å². The fraction of sp³-hybridized carbons (Fsp3) is 0.294. The molecule has 25 heavy (non-hydrogen) atoms. The highest BCUT2D eigenvalue weighted by atomic mass is 19.4. The predicted octanol–water partition coefficient (Wildman–Crippen LogP) is 3.63. The summed E-state index contributed by atoms with van der Waals surface area (Å²) in [4.78, 5) is 23.6. The molecule has 1 amide bonds. The van der Waals surface area contributed by atoms with E-state index in [0.717, 1.165) is 0 Å². The Morgan fingerprint density at radius 3 is 2.36 bits per heavy atom. The highest BCUT2D eigenvalue weighted by Crippen LogP contribution is 2.32. The molecule has 0 unspecified atom stereocenters. The third kappa shape index (κ3) is 4.07. The molecule has 8 heteroatoms. The Balaban J connectivity index is 2.43. The number of alkyl halides is 3. The largest absolute Gasteiger partial charge is 0.419 e. The molecule has 2 rings (SSSR count). The van der Waals surface area contributed by atoms with E-state index in [0.29, 0.717) is 12.1 Å². The fourth-order valence-corrected chi connectivity index (χ4v) is 2.40. The van der Waals surface area contributed by atoms with Crippen LogP contribution >= 0.6 is 0 Å². The summed E-state index contributed by atoms with van der Waals surface area (Å²) in [5, 5.41) is 0. The Hall–Kier alpha value is -2.64. The molecule has 0 saturated carbocycles. The number of hydrogen-bond donors (Lipinski definition) is 1. The van der Waals surface area contributed by atoms with Crippen molar-refractivity contribution < 1.29 is 27.2 Å². The van der Waals surface area contributed by atoms with Crippen LogP contribution in [0, 0.1) is 11.7 Å². The van der Waals surface area contributed by atoms with Crippen molar-refractivity contribution in [3.05, 3.63) is 58.7 Å². The highest BCUT2D eigenvalue weighted by Gasteiger charge is 2.34. The normalized spacial score (nSPS) is 11.8. The quantitative estimate of drug-likeness (QED) is 0.657. The molecule has 134 valence electrons. The Morgan fingerprint density at radius 1 is 1.20 bits per heavy atom. The molecule has 0 atom stereocenters. The molecule has 2 aromatic rings. The summed E-state index contributed by atoms with van der Waals surface area (Å²) in [5.74, 6) is -2.74. The van der Waals surface area contributed by atoms with E-state index in [1.54, 1.807) is 13.8 Å². The van der Waals surface area contributed by atoms with Crippen LogP contribution in [0.5, 0.6) is 0 Å². The van der Waals surface area contributed by atoms with Gasteiger partial charge >= 0.3 is 6.18 Å². The number of aromatic nitrogens is 1. The van der Waals surface area contributed by atoms with E-state index in [2.05, 4.69) is 0 Å². The lowest BCUT2D eigenvalue weighted by atomic mass is 10.0. The monoisotopic (exact) mass is 356 g/mol. The van der Waals surface area contributed by atoms with Gasteiger partial charge in [-0.1, -0.05) is 19.9 Å². The van der Waals surface area contributed by atoms with Crippen LogP contribution in [-0.4, -0.2) is 16.3 Å². The smallest absolute Gasteiger partial charge is 0.364 e. The number of rotatable bonds is 5. The van der Waals surface area contributed by atoms with Crippen molar-refractivity contribution in [2.75, 3.05) is 0 Å². The molecule has 2 N–H and O–H groups in total. The van der Waals surface area contributed by atoms with Gasteiger partial charge in [0.1, 0.15) is 11.5 Å². The lowest BCUT2D eigenvalue weighted by Crippen LogP contribution is -2.17. The average molecular weight is 356 g/mol. The summed E-state index contributed by atoms with van der Waals surface area (Å²) in [5.41, 5.74) is 4.22. The van der Waals surface area contributed by atoms with Crippen molar-refractivity contribution in [2.45, 2.75) is 26.6 Å². The van der Waals surface area contributed by atoms with E-state index in [-0.39, 0.29) is 35.1 Å². The van der Waals surface area contributed by atoms with Gasteiger partial charge in [-0.25, -0.2) is 4.39 Å². The van der Waals surface area contributed by atoms with Crippen LogP contribution in [0.1, 0.15) is 45.8 Å². The number of primary amides is 1. The van der Waals surface area contributed by atoms with Crippen LogP contribution in [0.4, 0.5) is 17.6 Å². The molecule has 0 fully saturated rings. The van der Waals surface area contributed by atoms with E-state index in [1.165, 1.54) is 22.9 Å². The first kappa shape index (κ1) is 18.7. The molecule has 0 saturated heterocycles. The molecule has 0 radical (unpaired) electrons. The molecular formula is C17H16F4N2O2. The minimum Gasteiger partial charge on any atom is -0.364 e. The van der Waals surface area contributed by atoms with Crippen LogP contribution in [0.25, 0.3) is 0 Å². The number of halogens is 4. The zero-order valence-corrected chi connectivity index (χ0v) is 13.5. The van der Waals surface area contributed by atoms with E-state index >= 15 is 0 Å². The molecular weight excluding hydrogens is 340 g/mol. The van der Waals surface area contributed by atoms with Crippen LogP contribution in [0.15, 0.2) is 30.5 Å². The lowest BCUT2D eigenvalue weighted by Gasteiger charge is -2.11. The number of carbonyl (C=O) groups is 2. The van der Waals surface area contributed by atoms with Crippen molar-refractivity contribution >= 4 is 11.7 Å². The number of amides is 1. The number of ketones is 1. The van der Waals surface area contributed by atoms with Crippen LogP contribution in [0.3, 0.4) is 0 Å². The first-order chi connectivity index (χ1) is 11.5. The van der Waals surface area contributed by atoms with Gasteiger partial charge in [0, 0.05) is 24.2 Å². The van der Waals surface area contributed by atoms with E-state index < -0.39 is 23.5 Å². The molecule has 0 aliphatic heterocycles. The van der Waals surface area contributed by atoms with Crippen molar-refractivity contribution in [1.29, 1.82) is 0 Å². The SMILES string of the molecule is CC(C)C(=O)c1cc(C(N)=O)n(Cc2ccc(F)c(C(F)(F)F)c2)c1. The molecule has 1 aromatic carbocycles. The third-order valence-corrected chi connectivity index (χ3v) is 3.65. The summed E-state index contributed by atoms with van der Waals surface area (Å²) in [7, 11) is 0. The number of hydrogen-bond acceptors (Lipinski definition) is 2. The van der Waals surface area contributed by atoms with Crippen molar-refractivity contribution in [1.82, 2.24) is 4.57 Å². The van der Waals surface area contributed by atoms with Crippen molar-refractivity contribution in [3.63, 3.8) is 0 Å². The Kier molecular flexibility index (Phi) is 5.01. The number of Topliss-reactive ketones (excluding diaryl/α,β-unsaturated/α-hetero) is 1. The summed E-state index contributed by atoms with van der Waals surface area (Å²) < 4.78 is 53.1. The van der Waals surface area contributed by atoms with Crippen LogP contribution in [-0.2, 0) is 12.7 Å². The zero-order chi connectivity index (χ0) is 18.9. The van der Waals surface area contributed by atoms with Gasteiger partial charge in [-0.3, -0.25) is 9.59 Å². The maximum Gasteiger partial charge on any atom is 0.419 e. The van der Waals surface area contributed by atoms with Gasteiger partial charge in [0.05, 0.1) is 5.56 Å². The first-order valence-electron chi connectivity index (χ1n) is 7.40. The summed E-state index contributed by atoms with van der Waals surface area (Å²) in [6, 6.07) is 3.87. The van der Waals surface area contributed by atoms with Gasteiger partial charge < -0.3 is 10.3 Å². The first-order valence-corrected chi connectivity index (χ1v) is 7.40.